The molecular formula is C17H14S. The van der Waals surface area contributed by atoms with E-state index in [9.17, 15) is 0 Å². The fourth-order valence-corrected chi connectivity index (χ4v) is 3.14. The predicted octanol–water partition coefficient (Wildman–Crippen LogP) is 5.30. The second-order valence-corrected chi connectivity index (χ2v) is 5.52. The minimum absolute atomic E-state index is 1.28. The van der Waals surface area contributed by atoms with Gasteiger partial charge in [-0.1, -0.05) is 54.2 Å². The second-order valence-electron chi connectivity index (χ2n) is 4.38. The summed E-state index contributed by atoms with van der Waals surface area (Å²) in [6, 6.07) is 23.6. The molecule has 0 heterocycles. The van der Waals surface area contributed by atoms with E-state index >= 15 is 0 Å². The van der Waals surface area contributed by atoms with E-state index in [4.69, 9.17) is 0 Å². The average molecular weight is 250 g/mol. The van der Waals surface area contributed by atoms with Crippen LogP contribution in [0.25, 0.3) is 10.8 Å². The van der Waals surface area contributed by atoms with Crippen LogP contribution in [0.1, 0.15) is 5.56 Å². The topological polar surface area (TPSA) is 0 Å². The molecule has 1 heteroatoms. The van der Waals surface area contributed by atoms with Gasteiger partial charge in [0.1, 0.15) is 0 Å². The van der Waals surface area contributed by atoms with Crippen molar-refractivity contribution in [2.75, 3.05) is 0 Å². The maximum absolute atomic E-state index is 2.26. The molecule has 0 spiro atoms. The maximum atomic E-state index is 2.26. The molecule has 0 atom stereocenters. The Bertz CT molecular complexity index is 672. The summed E-state index contributed by atoms with van der Waals surface area (Å²) >= 11 is 1.82. The molecule has 0 fully saturated rings. The molecule has 0 saturated carbocycles. The zero-order chi connectivity index (χ0) is 12.4. The van der Waals surface area contributed by atoms with Crippen molar-refractivity contribution >= 4 is 22.5 Å². The minimum Gasteiger partial charge on any atom is -0.0901 e. The number of benzene rings is 3. The summed E-state index contributed by atoms with van der Waals surface area (Å²) in [7, 11) is 0. The third kappa shape index (κ3) is 2.27. The van der Waals surface area contributed by atoms with Crippen molar-refractivity contribution in [1.82, 2.24) is 0 Å². The normalized spacial score (nSPS) is 10.7. The molecule has 0 aromatic heterocycles. The van der Waals surface area contributed by atoms with Crippen LogP contribution in [0.2, 0.25) is 0 Å². The zero-order valence-electron chi connectivity index (χ0n) is 10.3. The Morgan fingerprint density at radius 3 is 2.28 bits per heavy atom. The van der Waals surface area contributed by atoms with E-state index in [1.165, 1.54) is 26.1 Å². The number of fused-ring (bicyclic) bond motifs is 1. The standard InChI is InChI=1S/C17H14S/c1-13-11-16(18-15-8-3-2-4-9-15)12-14-7-5-6-10-17(13)14/h2-12H,1H3. The molecule has 0 bridgehead atoms. The van der Waals surface area contributed by atoms with Crippen LogP contribution >= 0.6 is 11.8 Å². The second kappa shape index (κ2) is 4.87. The van der Waals surface area contributed by atoms with Crippen LogP contribution in [0.4, 0.5) is 0 Å². The van der Waals surface area contributed by atoms with Crippen LogP contribution in [-0.4, -0.2) is 0 Å². The molecule has 0 unspecified atom stereocenters. The van der Waals surface area contributed by atoms with Crippen molar-refractivity contribution < 1.29 is 0 Å². The van der Waals surface area contributed by atoms with Gasteiger partial charge in [-0.15, -0.1) is 0 Å². The van der Waals surface area contributed by atoms with Crippen LogP contribution in [0, 0.1) is 6.92 Å². The highest BCUT2D eigenvalue weighted by Crippen LogP contribution is 2.31. The molecule has 0 aliphatic rings. The maximum Gasteiger partial charge on any atom is 0.0131 e. The summed E-state index contributed by atoms with van der Waals surface area (Å²) < 4.78 is 0. The summed E-state index contributed by atoms with van der Waals surface area (Å²) in [5.41, 5.74) is 1.34. The number of rotatable bonds is 2. The Hall–Kier alpha value is -1.73. The van der Waals surface area contributed by atoms with Crippen molar-refractivity contribution in [3.05, 3.63) is 72.3 Å². The molecule has 0 aliphatic carbocycles. The lowest BCUT2D eigenvalue weighted by atomic mass is 10.1. The fraction of sp³-hybridized carbons (Fsp3) is 0.0588. The van der Waals surface area contributed by atoms with E-state index in [0.717, 1.165) is 0 Å². The Labute approximate surface area is 112 Å². The lowest BCUT2D eigenvalue weighted by Crippen LogP contribution is -1.81. The molecule has 0 amide bonds. The largest absolute Gasteiger partial charge is 0.0901 e. The number of hydrogen-bond acceptors (Lipinski definition) is 1. The number of aryl methyl sites for hydroxylation is 1. The highest BCUT2D eigenvalue weighted by atomic mass is 32.2. The van der Waals surface area contributed by atoms with E-state index in [-0.39, 0.29) is 0 Å². The summed E-state index contributed by atoms with van der Waals surface area (Å²) in [6.45, 7) is 2.18. The van der Waals surface area contributed by atoms with Gasteiger partial charge >= 0.3 is 0 Å². The fourth-order valence-electron chi connectivity index (χ4n) is 2.15. The summed E-state index contributed by atoms with van der Waals surface area (Å²) in [5.74, 6) is 0. The molecule has 0 nitrogen and oxygen atoms in total. The van der Waals surface area contributed by atoms with Gasteiger partial charge in [-0.05, 0) is 47.5 Å². The average Bonchev–Trinajstić information content (AvgIpc) is 2.40. The quantitative estimate of drug-likeness (QED) is 0.594. The highest BCUT2D eigenvalue weighted by molar-refractivity contribution is 7.99. The molecule has 0 N–H and O–H groups in total. The van der Waals surface area contributed by atoms with Gasteiger partial charge in [-0.2, -0.15) is 0 Å². The molecule has 88 valence electrons. The van der Waals surface area contributed by atoms with E-state index in [0.29, 0.717) is 0 Å². The van der Waals surface area contributed by atoms with Crippen LogP contribution in [0.3, 0.4) is 0 Å². The molecular weight excluding hydrogens is 236 g/mol. The van der Waals surface area contributed by atoms with Crippen LogP contribution in [0.5, 0.6) is 0 Å². The van der Waals surface area contributed by atoms with Gasteiger partial charge in [-0.25, -0.2) is 0 Å². The Morgan fingerprint density at radius 2 is 1.44 bits per heavy atom. The van der Waals surface area contributed by atoms with Crippen LogP contribution < -0.4 is 0 Å². The minimum atomic E-state index is 1.28. The van der Waals surface area contributed by atoms with Gasteiger partial charge in [0, 0.05) is 9.79 Å². The van der Waals surface area contributed by atoms with Gasteiger partial charge in [-0.3, -0.25) is 0 Å². The predicted molar refractivity (Wildman–Crippen MR) is 79.3 cm³/mol. The Morgan fingerprint density at radius 1 is 0.722 bits per heavy atom. The lowest BCUT2D eigenvalue weighted by Gasteiger charge is -2.07. The van der Waals surface area contributed by atoms with Gasteiger partial charge in [0.15, 0.2) is 0 Å². The van der Waals surface area contributed by atoms with Crippen molar-refractivity contribution in [2.45, 2.75) is 16.7 Å². The van der Waals surface area contributed by atoms with E-state index in [2.05, 4.69) is 73.7 Å². The third-order valence-electron chi connectivity index (χ3n) is 3.02. The van der Waals surface area contributed by atoms with Gasteiger partial charge in [0.25, 0.3) is 0 Å². The van der Waals surface area contributed by atoms with Crippen molar-refractivity contribution in [2.24, 2.45) is 0 Å². The van der Waals surface area contributed by atoms with E-state index in [1.54, 1.807) is 0 Å². The van der Waals surface area contributed by atoms with Crippen LogP contribution in [0.15, 0.2) is 76.5 Å². The molecule has 0 radical (unpaired) electrons. The summed E-state index contributed by atoms with van der Waals surface area (Å²) in [4.78, 5) is 2.59. The first-order valence-electron chi connectivity index (χ1n) is 6.05. The first-order chi connectivity index (χ1) is 8.83. The number of hydrogen-bond donors (Lipinski definition) is 0. The van der Waals surface area contributed by atoms with E-state index < -0.39 is 0 Å². The van der Waals surface area contributed by atoms with Crippen molar-refractivity contribution in [3.8, 4) is 0 Å². The SMILES string of the molecule is Cc1cc(Sc2ccccc2)cc2ccccc12. The van der Waals surface area contributed by atoms with Crippen LogP contribution in [-0.2, 0) is 0 Å². The monoisotopic (exact) mass is 250 g/mol. The zero-order valence-corrected chi connectivity index (χ0v) is 11.1. The molecule has 0 saturated heterocycles. The molecule has 3 aromatic carbocycles. The van der Waals surface area contributed by atoms with E-state index in [1.807, 2.05) is 11.8 Å². The Kier molecular flexibility index (Phi) is 3.07. The smallest absolute Gasteiger partial charge is 0.0131 e. The summed E-state index contributed by atoms with van der Waals surface area (Å²) in [6.07, 6.45) is 0. The van der Waals surface area contributed by atoms with Crippen molar-refractivity contribution in [3.63, 3.8) is 0 Å². The van der Waals surface area contributed by atoms with Gasteiger partial charge in [0.05, 0.1) is 0 Å². The van der Waals surface area contributed by atoms with Gasteiger partial charge < -0.3 is 0 Å². The molecule has 18 heavy (non-hydrogen) atoms. The molecule has 3 rings (SSSR count). The molecule has 0 aliphatic heterocycles. The first kappa shape index (κ1) is 11.4. The Balaban J connectivity index is 2.03. The lowest BCUT2D eigenvalue weighted by molar-refractivity contribution is 1.38. The summed E-state index contributed by atoms with van der Waals surface area (Å²) in [5, 5.41) is 2.66. The highest BCUT2D eigenvalue weighted by Gasteiger charge is 2.02. The van der Waals surface area contributed by atoms with Crippen molar-refractivity contribution in [1.29, 1.82) is 0 Å². The molecule has 3 aromatic rings. The third-order valence-corrected chi connectivity index (χ3v) is 4.00. The van der Waals surface area contributed by atoms with Gasteiger partial charge in [0.2, 0.25) is 0 Å². The first-order valence-corrected chi connectivity index (χ1v) is 6.87.